The summed E-state index contributed by atoms with van der Waals surface area (Å²) >= 11 is 1.48. The smallest absolute Gasteiger partial charge is 0.273 e. The van der Waals surface area contributed by atoms with Crippen molar-refractivity contribution in [1.29, 1.82) is 0 Å². The molecule has 2 aromatic carbocycles. The predicted molar refractivity (Wildman–Crippen MR) is 129 cm³/mol. The first-order valence-electron chi connectivity index (χ1n) is 10.9. The van der Waals surface area contributed by atoms with Crippen molar-refractivity contribution in [3.8, 4) is 16.3 Å². The number of hydrogen-bond donors (Lipinski definition) is 0. The summed E-state index contributed by atoms with van der Waals surface area (Å²) in [5.41, 5.74) is 3.74. The van der Waals surface area contributed by atoms with Gasteiger partial charge in [-0.05, 0) is 55.8 Å². The minimum atomic E-state index is -0.0792. The Hall–Kier alpha value is -2.90. The topological polar surface area (TPSA) is 54.9 Å². The quantitative estimate of drug-likeness (QED) is 0.521. The Morgan fingerprint density at radius 3 is 2.47 bits per heavy atom. The second-order valence-corrected chi connectivity index (χ2v) is 9.01. The van der Waals surface area contributed by atoms with Gasteiger partial charge in [0.25, 0.3) is 5.91 Å². The lowest BCUT2D eigenvalue weighted by atomic mass is 10.1. The van der Waals surface area contributed by atoms with Gasteiger partial charge >= 0.3 is 0 Å². The van der Waals surface area contributed by atoms with E-state index in [1.54, 1.807) is 4.90 Å². The van der Waals surface area contributed by atoms with Gasteiger partial charge in [0, 0.05) is 43.3 Å². The molecule has 1 aliphatic heterocycles. The third kappa shape index (κ3) is 5.47. The molecule has 2 heterocycles. The Morgan fingerprint density at radius 1 is 1.12 bits per heavy atom. The van der Waals surface area contributed by atoms with E-state index >= 15 is 0 Å². The lowest BCUT2D eigenvalue weighted by Crippen LogP contribution is -2.36. The van der Waals surface area contributed by atoms with Crippen LogP contribution in [0.25, 0.3) is 10.6 Å². The first-order chi connectivity index (χ1) is 15.5. The fraction of sp³-hybridized carbons (Fsp3) is 0.360. The van der Waals surface area contributed by atoms with Crippen LogP contribution in [0.5, 0.6) is 5.75 Å². The number of ether oxygens (including phenoxy) is 2. The van der Waals surface area contributed by atoms with E-state index in [0.29, 0.717) is 12.2 Å². The largest absolute Gasteiger partial charge is 0.491 e. The predicted octanol–water partition coefficient (Wildman–Crippen LogP) is 4.71. The molecule has 1 amide bonds. The van der Waals surface area contributed by atoms with Crippen molar-refractivity contribution < 1.29 is 14.3 Å². The molecule has 32 heavy (non-hydrogen) atoms. The van der Waals surface area contributed by atoms with E-state index in [9.17, 15) is 4.79 Å². The normalized spacial score (nSPS) is 13.9. The summed E-state index contributed by atoms with van der Waals surface area (Å²) in [5, 5.41) is 2.65. The van der Waals surface area contributed by atoms with Crippen LogP contribution < -0.4 is 9.64 Å². The summed E-state index contributed by atoms with van der Waals surface area (Å²) in [5.74, 6) is 0.750. The van der Waals surface area contributed by atoms with Crippen molar-refractivity contribution >= 4 is 22.9 Å². The van der Waals surface area contributed by atoms with Crippen molar-refractivity contribution in [3.63, 3.8) is 0 Å². The van der Waals surface area contributed by atoms with E-state index in [1.807, 2.05) is 50.5 Å². The number of thiazole rings is 1. The average Bonchev–Trinajstić information content (AvgIpc) is 3.30. The molecule has 4 rings (SSSR count). The monoisotopic (exact) mass is 451 g/mol. The lowest BCUT2D eigenvalue weighted by Gasteiger charge is -2.29. The van der Waals surface area contributed by atoms with Gasteiger partial charge < -0.3 is 19.3 Å². The Bertz CT molecular complexity index is 1030. The maximum atomic E-state index is 12.9. The number of morpholine rings is 1. The van der Waals surface area contributed by atoms with Crippen LogP contribution >= 0.6 is 11.3 Å². The Labute approximate surface area is 193 Å². The number of carbonyl (C=O) groups is 1. The molecular formula is C25H29N3O3S. The summed E-state index contributed by atoms with van der Waals surface area (Å²) in [7, 11) is 1.81. The molecule has 168 valence electrons. The van der Waals surface area contributed by atoms with E-state index in [-0.39, 0.29) is 12.0 Å². The highest BCUT2D eigenvalue weighted by Crippen LogP contribution is 2.27. The van der Waals surface area contributed by atoms with Crippen molar-refractivity contribution in [1.82, 2.24) is 9.88 Å². The molecule has 1 aromatic heterocycles. The highest BCUT2D eigenvalue weighted by atomic mass is 32.1. The van der Waals surface area contributed by atoms with Crippen LogP contribution in [0.15, 0.2) is 53.9 Å². The molecular weight excluding hydrogens is 422 g/mol. The van der Waals surface area contributed by atoms with Gasteiger partial charge in [-0.2, -0.15) is 0 Å². The first-order valence-corrected chi connectivity index (χ1v) is 11.8. The fourth-order valence-corrected chi connectivity index (χ4v) is 4.43. The molecule has 3 aromatic rings. The minimum Gasteiger partial charge on any atom is -0.491 e. The Morgan fingerprint density at radius 2 is 1.81 bits per heavy atom. The second kappa shape index (κ2) is 10.1. The van der Waals surface area contributed by atoms with Gasteiger partial charge in [-0.25, -0.2) is 4.98 Å². The second-order valence-electron chi connectivity index (χ2n) is 8.16. The standard InChI is InChI=1S/C25H29N3O3S/c1-18(2)31-22-10-6-20(7-11-22)24-26-23(17-32-24)25(29)27(3)16-19-4-8-21(9-5-19)28-12-14-30-15-13-28/h4-11,17-18H,12-16H2,1-3H3. The SMILES string of the molecule is CC(C)Oc1ccc(-c2nc(C(=O)N(C)Cc3ccc(N4CCOCC4)cc3)cs2)cc1. The highest BCUT2D eigenvalue weighted by molar-refractivity contribution is 7.13. The summed E-state index contributed by atoms with van der Waals surface area (Å²) in [6.07, 6.45) is 0.135. The molecule has 0 N–H and O–H groups in total. The van der Waals surface area contributed by atoms with Crippen molar-refractivity contribution in [2.75, 3.05) is 38.3 Å². The van der Waals surface area contributed by atoms with Crippen LogP contribution in [0, 0.1) is 0 Å². The van der Waals surface area contributed by atoms with Gasteiger partial charge in [0.2, 0.25) is 0 Å². The van der Waals surface area contributed by atoms with Crippen LogP contribution in [0.1, 0.15) is 29.9 Å². The summed E-state index contributed by atoms with van der Waals surface area (Å²) in [6.45, 7) is 7.91. The molecule has 0 aliphatic carbocycles. The van der Waals surface area contributed by atoms with Gasteiger partial charge in [-0.3, -0.25) is 4.79 Å². The van der Waals surface area contributed by atoms with Gasteiger partial charge in [-0.15, -0.1) is 11.3 Å². The van der Waals surface area contributed by atoms with Crippen LogP contribution in [0.3, 0.4) is 0 Å². The molecule has 7 heteroatoms. The molecule has 0 spiro atoms. The molecule has 6 nitrogen and oxygen atoms in total. The van der Waals surface area contributed by atoms with Crippen molar-refractivity contribution in [3.05, 3.63) is 65.2 Å². The van der Waals surface area contributed by atoms with Gasteiger partial charge in [0.15, 0.2) is 0 Å². The van der Waals surface area contributed by atoms with Crippen LogP contribution in [0.2, 0.25) is 0 Å². The molecule has 0 bridgehead atoms. The zero-order chi connectivity index (χ0) is 22.5. The molecule has 0 saturated carbocycles. The number of amides is 1. The van der Waals surface area contributed by atoms with Crippen LogP contribution in [-0.4, -0.2) is 55.2 Å². The zero-order valence-corrected chi connectivity index (χ0v) is 19.6. The summed E-state index contributed by atoms with van der Waals surface area (Å²) in [4.78, 5) is 21.5. The number of carbonyl (C=O) groups excluding carboxylic acids is 1. The fourth-order valence-electron chi connectivity index (χ4n) is 3.63. The van der Waals surface area contributed by atoms with E-state index < -0.39 is 0 Å². The zero-order valence-electron chi connectivity index (χ0n) is 18.8. The number of hydrogen-bond acceptors (Lipinski definition) is 6. The number of rotatable bonds is 7. The molecule has 0 unspecified atom stereocenters. The van der Waals surface area contributed by atoms with E-state index in [4.69, 9.17) is 9.47 Å². The number of nitrogens with zero attached hydrogens (tertiary/aromatic N) is 3. The van der Waals surface area contributed by atoms with Gasteiger partial charge in [-0.1, -0.05) is 12.1 Å². The van der Waals surface area contributed by atoms with Crippen molar-refractivity contribution in [2.45, 2.75) is 26.5 Å². The summed E-state index contributed by atoms with van der Waals surface area (Å²) in [6, 6.07) is 16.2. The van der Waals surface area contributed by atoms with Crippen LogP contribution in [0.4, 0.5) is 5.69 Å². The maximum absolute atomic E-state index is 12.9. The maximum Gasteiger partial charge on any atom is 0.273 e. The number of aromatic nitrogens is 1. The summed E-state index contributed by atoms with van der Waals surface area (Å²) < 4.78 is 11.1. The Balaban J connectivity index is 1.37. The molecule has 1 aliphatic rings. The molecule has 1 fully saturated rings. The molecule has 0 atom stereocenters. The Kier molecular flexibility index (Phi) is 7.07. The third-order valence-corrected chi connectivity index (χ3v) is 6.17. The minimum absolute atomic E-state index is 0.0792. The van der Waals surface area contributed by atoms with Crippen molar-refractivity contribution in [2.24, 2.45) is 0 Å². The van der Waals surface area contributed by atoms with Gasteiger partial charge in [0.1, 0.15) is 16.5 Å². The van der Waals surface area contributed by atoms with E-state index in [1.165, 1.54) is 17.0 Å². The number of benzene rings is 2. The highest BCUT2D eigenvalue weighted by Gasteiger charge is 2.17. The lowest BCUT2D eigenvalue weighted by molar-refractivity contribution is 0.0780. The first kappa shape index (κ1) is 22.3. The molecule has 1 saturated heterocycles. The third-order valence-electron chi connectivity index (χ3n) is 5.28. The average molecular weight is 452 g/mol. The van der Waals surface area contributed by atoms with Crippen LogP contribution in [-0.2, 0) is 11.3 Å². The van der Waals surface area contributed by atoms with E-state index in [0.717, 1.165) is 48.2 Å². The number of anilines is 1. The van der Waals surface area contributed by atoms with Gasteiger partial charge in [0.05, 0.1) is 19.3 Å². The molecule has 0 radical (unpaired) electrons. The van der Waals surface area contributed by atoms with E-state index in [2.05, 4.69) is 34.1 Å².